The van der Waals surface area contributed by atoms with Gasteiger partial charge in [-0.1, -0.05) is 11.3 Å². The Hall–Kier alpha value is -3.92. The molecule has 1 aromatic carbocycles. The van der Waals surface area contributed by atoms with Crippen molar-refractivity contribution in [1.82, 2.24) is 25.4 Å². The van der Waals surface area contributed by atoms with Crippen LogP contribution in [0.4, 0.5) is 17.2 Å². The number of hydrogen-bond acceptors (Lipinski definition) is 11. The second-order valence-electron chi connectivity index (χ2n) is 10.5. The molecule has 0 atom stereocenters. The molecule has 1 saturated heterocycles. The van der Waals surface area contributed by atoms with E-state index in [0.29, 0.717) is 32.6 Å². The summed E-state index contributed by atoms with van der Waals surface area (Å²) in [5, 5.41) is 14.4. The highest BCUT2D eigenvalue weighted by Gasteiger charge is 2.31. The van der Waals surface area contributed by atoms with Crippen molar-refractivity contribution < 1.29 is 27.5 Å². The summed E-state index contributed by atoms with van der Waals surface area (Å²) in [5.41, 5.74) is 1.36. The lowest BCUT2D eigenvalue weighted by Gasteiger charge is -2.26. The Morgan fingerprint density at radius 2 is 1.80 bits per heavy atom. The van der Waals surface area contributed by atoms with Crippen molar-refractivity contribution in [3.05, 3.63) is 40.5 Å². The Bertz CT molecular complexity index is 1730. The van der Waals surface area contributed by atoms with Gasteiger partial charge in [0.25, 0.3) is 11.8 Å². The van der Waals surface area contributed by atoms with E-state index in [1.807, 2.05) is 0 Å². The summed E-state index contributed by atoms with van der Waals surface area (Å²) in [4.78, 5) is 45.1. The number of thiazole rings is 1. The Kier molecular flexibility index (Phi) is 8.76. The van der Waals surface area contributed by atoms with Gasteiger partial charge in [-0.2, -0.15) is 0 Å². The van der Waals surface area contributed by atoms with Crippen LogP contribution in [0, 0.1) is 12.8 Å². The van der Waals surface area contributed by atoms with Gasteiger partial charge in [0.05, 0.1) is 64.8 Å². The van der Waals surface area contributed by atoms with Crippen LogP contribution in [0.25, 0.3) is 10.6 Å². The average Bonchev–Trinajstić information content (AvgIpc) is 3.73. The van der Waals surface area contributed by atoms with E-state index < -0.39 is 21.0 Å². The molecule has 1 aliphatic carbocycles. The standard InChI is InChI=1S/C26H26B3N7O6S2/c1-13-21(25(39)36-8-10-44(40,41)11-9-36)43-24(30-13)15-4-3-5-16(20(15)42-2)31-17-12-18(32-22(37)14-6-7-14)34-35-19(17)23(38)33-26(27,28)29/h3-5,12,14H,6-11H2,1-2H3,(H,33,38)(H2,31,32,34,37). The van der Waals surface area contributed by atoms with Crippen LogP contribution in [0.15, 0.2) is 24.3 Å². The van der Waals surface area contributed by atoms with Crippen LogP contribution in [-0.2, 0) is 14.6 Å². The molecule has 5 rings (SSSR count). The fraction of sp³-hybridized carbons (Fsp3) is 0.385. The molecule has 0 unspecified atom stereocenters. The summed E-state index contributed by atoms with van der Waals surface area (Å²) in [6.07, 6.45) is 1.56. The number of anilines is 3. The Morgan fingerprint density at radius 3 is 2.43 bits per heavy atom. The maximum Gasteiger partial charge on any atom is 0.272 e. The molecule has 1 aliphatic heterocycles. The van der Waals surface area contributed by atoms with Gasteiger partial charge >= 0.3 is 0 Å². The van der Waals surface area contributed by atoms with Crippen molar-refractivity contribution in [2.45, 2.75) is 25.0 Å². The van der Waals surface area contributed by atoms with E-state index in [-0.39, 0.29) is 59.5 Å². The molecule has 18 heteroatoms. The van der Waals surface area contributed by atoms with Gasteiger partial charge in [0.15, 0.2) is 27.1 Å². The molecule has 13 nitrogen and oxygen atoms in total. The Morgan fingerprint density at radius 1 is 1.09 bits per heavy atom. The van der Waals surface area contributed by atoms with Crippen molar-refractivity contribution in [3.63, 3.8) is 0 Å². The number of amides is 3. The lowest BCUT2D eigenvalue weighted by Crippen LogP contribution is -2.50. The molecule has 2 fully saturated rings. The van der Waals surface area contributed by atoms with Gasteiger partial charge in [-0.25, -0.2) is 13.4 Å². The van der Waals surface area contributed by atoms with Crippen LogP contribution < -0.4 is 20.7 Å². The first-order valence-corrected chi connectivity index (χ1v) is 16.2. The predicted molar refractivity (Wildman–Crippen MR) is 168 cm³/mol. The zero-order valence-electron chi connectivity index (χ0n) is 23.9. The molecule has 6 radical (unpaired) electrons. The molecule has 3 N–H and O–H groups in total. The Balaban J connectivity index is 1.47. The first-order chi connectivity index (χ1) is 20.7. The van der Waals surface area contributed by atoms with E-state index in [9.17, 15) is 22.8 Å². The van der Waals surface area contributed by atoms with E-state index in [1.165, 1.54) is 18.1 Å². The maximum atomic E-state index is 13.2. The topological polar surface area (TPSA) is 173 Å². The second-order valence-corrected chi connectivity index (χ2v) is 13.8. The molecule has 222 valence electrons. The summed E-state index contributed by atoms with van der Waals surface area (Å²) in [7, 11) is 15.0. The van der Waals surface area contributed by atoms with Crippen LogP contribution in [0.1, 0.15) is 38.7 Å². The smallest absolute Gasteiger partial charge is 0.272 e. The van der Waals surface area contributed by atoms with Crippen LogP contribution in [0.3, 0.4) is 0 Å². The van der Waals surface area contributed by atoms with Crippen molar-refractivity contribution in [2.75, 3.05) is 42.3 Å². The van der Waals surface area contributed by atoms with Crippen molar-refractivity contribution in [1.29, 1.82) is 0 Å². The Labute approximate surface area is 262 Å². The van der Waals surface area contributed by atoms with Crippen molar-refractivity contribution in [2.24, 2.45) is 5.92 Å². The number of carbonyl (C=O) groups excluding carboxylic acids is 3. The van der Waals surface area contributed by atoms with Gasteiger partial charge in [0.2, 0.25) is 5.91 Å². The molecule has 0 spiro atoms. The van der Waals surface area contributed by atoms with Crippen molar-refractivity contribution >= 4 is 79.6 Å². The summed E-state index contributed by atoms with van der Waals surface area (Å²) in [6.45, 7) is 1.95. The molecule has 1 saturated carbocycles. The van der Waals surface area contributed by atoms with Crippen LogP contribution in [0.5, 0.6) is 5.75 Å². The fourth-order valence-electron chi connectivity index (χ4n) is 4.48. The number of hydrogen-bond donors (Lipinski definition) is 3. The number of nitrogens with one attached hydrogen (secondary N) is 3. The third-order valence-electron chi connectivity index (χ3n) is 6.88. The number of benzene rings is 1. The number of carbonyl (C=O) groups is 3. The van der Waals surface area contributed by atoms with Gasteiger partial charge < -0.3 is 25.6 Å². The largest absolute Gasteiger partial charge is 0.494 e. The summed E-state index contributed by atoms with van der Waals surface area (Å²) in [6, 6.07) is 6.60. The molecule has 0 bridgehead atoms. The fourth-order valence-corrected chi connectivity index (χ4v) is 6.74. The van der Waals surface area contributed by atoms with E-state index in [0.717, 1.165) is 24.2 Å². The predicted octanol–water partition coefficient (Wildman–Crippen LogP) is 0.726. The SMILES string of the molecule is [B]C([B])([B])NC(=O)c1nnc(NC(=O)C2CC2)cc1Nc1cccc(-c2nc(C)c(C(=O)N3CCS(=O)(=O)CC3)s2)c1OC. The minimum absolute atomic E-state index is 0.0797. The van der Waals surface area contributed by atoms with E-state index in [2.05, 4.69) is 31.1 Å². The summed E-state index contributed by atoms with van der Waals surface area (Å²) in [5.74, 6) is -1.13. The van der Waals surface area contributed by atoms with Gasteiger partial charge in [-0.3, -0.25) is 14.4 Å². The molecule has 3 aromatic rings. The monoisotopic (exact) mass is 629 g/mol. The molecule has 3 heterocycles. The third kappa shape index (κ3) is 7.24. The van der Waals surface area contributed by atoms with E-state index in [1.54, 1.807) is 25.1 Å². The number of methoxy groups -OCH3 is 1. The van der Waals surface area contributed by atoms with Gasteiger partial charge in [-0.15, -0.1) is 21.5 Å². The van der Waals surface area contributed by atoms with E-state index >= 15 is 0 Å². The first-order valence-electron chi connectivity index (χ1n) is 13.5. The molecule has 44 heavy (non-hydrogen) atoms. The molecule has 3 amide bonds. The molecule has 2 aliphatic rings. The third-order valence-corrected chi connectivity index (χ3v) is 9.67. The number of rotatable bonds is 9. The number of aromatic nitrogens is 3. The minimum Gasteiger partial charge on any atom is -0.494 e. The van der Waals surface area contributed by atoms with E-state index in [4.69, 9.17) is 28.3 Å². The van der Waals surface area contributed by atoms with Crippen LogP contribution >= 0.6 is 11.3 Å². The lowest BCUT2D eigenvalue weighted by molar-refractivity contribution is -0.117. The highest BCUT2D eigenvalue weighted by molar-refractivity contribution is 7.91. The summed E-state index contributed by atoms with van der Waals surface area (Å²) < 4.78 is 29.4. The molecular weight excluding hydrogens is 603 g/mol. The van der Waals surface area contributed by atoms with Crippen molar-refractivity contribution in [3.8, 4) is 16.3 Å². The maximum absolute atomic E-state index is 13.2. The number of para-hydroxylation sites is 1. The average molecular weight is 629 g/mol. The lowest BCUT2D eigenvalue weighted by atomic mass is 9.49. The second kappa shape index (κ2) is 12.2. The molecular formula is C26H26B3N7O6S2. The van der Waals surface area contributed by atoms with Crippen LogP contribution in [0.2, 0.25) is 0 Å². The first kappa shape index (κ1) is 31.5. The number of aryl methyl sites for hydroxylation is 1. The highest BCUT2D eigenvalue weighted by atomic mass is 32.2. The van der Waals surface area contributed by atoms with Gasteiger partial charge in [-0.05, 0) is 31.9 Å². The summed E-state index contributed by atoms with van der Waals surface area (Å²) >= 11 is 1.16. The number of sulfone groups is 1. The van der Waals surface area contributed by atoms with Crippen LogP contribution in [-0.4, -0.2) is 107 Å². The quantitative estimate of drug-likeness (QED) is 0.287. The highest BCUT2D eigenvalue weighted by Crippen LogP contribution is 2.41. The zero-order valence-corrected chi connectivity index (χ0v) is 25.5. The molecule has 2 aromatic heterocycles. The van der Waals surface area contributed by atoms with Gasteiger partial charge in [0.1, 0.15) is 9.88 Å². The normalized spacial score (nSPS) is 16.2. The zero-order chi connectivity index (χ0) is 31.8. The number of ether oxygens (including phenoxy) is 1. The van der Waals surface area contributed by atoms with Gasteiger partial charge in [0, 0.05) is 25.1 Å². The minimum atomic E-state index is -3.15. The number of nitrogens with zero attached hydrogens (tertiary/aromatic N) is 4.